The molecule has 2 heterocycles. The lowest BCUT2D eigenvalue weighted by atomic mass is 10.4. The number of rotatable bonds is 4. The quantitative estimate of drug-likeness (QED) is 0.936. The average molecular weight is 287 g/mol. The van der Waals surface area contributed by atoms with Gasteiger partial charge in [0.2, 0.25) is 5.88 Å². The van der Waals surface area contributed by atoms with Crippen LogP contribution in [0.15, 0.2) is 18.5 Å². The molecular weight excluding hydrogens is 275 g/mol. The molecule has 0 fully saturated rings. The van der Waals surface area contributed by atoms with E-state index in [0.717, 1.165) is 13.0 Å². The Balaban J connectivity index is 2.20. The standard InChI is InChI=1S/C11H12Cl2N4O/c1-2-3-17-6-7(5-15-17)18-11-9(13)4-8(12)10(14)16-11/h4-6H,2-3H2,1H3,(H2,14,16). The largest absolute Gasteiger partial charge is 0.434 e. The molecule has 0 amide bonds. The van der Waals surface area contributed by atoms with E-state index in [2.05, 4.69) is 17.0 Å². The summed E-state index contributed by atoms with van der Waals surface area (Å²) in [6, 6.07) is 1.50. The van der Waals surface area contributed by atoms with Gasteiger partial charge < -0.3 is 10.5 Å². The fraction of sp³-hybridized carbons (Fsp3) is 0.273. The molecule has 0 saturated carbocycles. The Kier molecular flexibility index (Phi) is 3.93. The van der Waals surface area contributed by atoms with Gasteiger partial charge in [-0.05, 0) is 12.5 Å². The van der Waals surface area contributed by atoms with E-state index < -0.39 is 0 Å². The maximum atomic E-state index is 5.96. The minimum atomic E-state index is 0.178. The third-order valence-corrected chi connectivity index (χ3v) is 2.77. The predicted octanol–water partition coefficient (Wildman–Crippen LogP) is 3.37. The summed E-state index contributed by atoms with van der Waals surface area (Å²) in [4.78, 5) is 3.98. The lowest BCUT2D eigenvalue weighted by molar-refractivity contribution is 0.462. The first-order valence-corrected chi connectivity index (χ1v) is 6.17. The second-order valence-electron chi connectivity index (χ2n) is 3.68. The second-order valence-corrected chi connectivity index (χ2v) is 4.50. The Morgan fingerprint density at radius 1 is 1.39 bits per heavy atom. The van der Waals surface area contributed by atoms with Gasteiger partial charge in [0.15, 0.2) is 5.75 Å². The van der Waals surface area contributed by atoms with Crippen LogP contribution >= 0.6 is 23.2 Å². The molecule has 0 aliphatic carbocycles. The van der Waals surface area contributed by atoms with E-state index in [4.69, 9.17) is 33.7 Å². The molecule has 0 aromatic carbocycles. The van der Waals surface area contributed by atoms with Gasteiger partial charge in [0.05, 0.1) is 17.4 Å². The highest BCUT2D eigenvalue weighted by atomic mass is 35.5. The monoisotopic (exact) mass is 286 g/mol. The van der Waals surface area contributed by atoms with Gasteiger partial charge in [-0.25, -0.2) is 0 Å². The average Bonchev–Trinajstić information content (AvgIpc) is 2.74. The van der Waals surface area contributed by atoms with Gasteiger partial charge in [-0.1, -0.05) is 30.1 Å². The molecule has 0 spiro atoms. The molecule has 2 N–H and O–H groups in total. The van der Waals surface area contributed by atoms with Gasteiger partial charge in [0.1, 0.15) is 10.8 Å². The lowest BCUT2D eigenvalue weighted by Gasteiger charge is -2.05. The van der Waals surface area contributed by atoms with Crippen molar-refractivity contribution in [3.05, 3.63) is 28.5 Å². The summed E-state index contributed by atoms with van der Waals surface area (Å²) in [7, 11) is 0. The van der Waals surface area contributed by atoms with Crippen molar-refractivity contribution in [2.45, 2.75) is 19.9 Å². The molecule has 7 heteroatoms. The van der Waals surface area contributed by atoms with Crippen LogP contribution in [0, 0.1) is 0 Å². The first kappa shape index (κ1) is 13.0. The van der Waals surface area contributed by atoms with Gasteiger partial charge in [-0.15, -0.1) is 0 Å². The van der Waals surface area contributed by atoms with Crippen LogP contribution in [-0.4, -0.2) is 14.8 Å². The van der Waals surface area contributed by atoms with E-state index in [-0.39, 0.29) is 11.7 Å². The van der Waals surface area contributed by atoms with Crippen molar-refractivity contribution in [3.8, 4) is 11.6 Å². The predicted molar refractivity (Wildman–Crippen MR) is 71.3 cm³/mol. The molecule has 2 aromatic rings. The summed E-state index contributed by atoms with van der Waals surface area (Å²) < 4.78 is 7.29. The first-order chi connectivity index (χ1) is 8.60. The zero-order valence-electron chi connectivity index (χ0n) is 9.73. The van der Waals surface area contributed by atoms with Crippen molar-refractivity contribution in [1.82, 2.24) is 14.8 Å². The van der Waals surface area contributed by atoms with Gasteiger partial charge in [0.25, 0.3) is 0 Å². The number of hydrogen-bond acceptors (Lipinski definition) is 4. The summed E-state index contributed by atoms with van der Waals surface area (Å²) in [5, 5.41) is 4.74. The van der Waals surface area contributed by atoms with Crippen LogP contribution in [0.5, 0.6) is 11.6 Å². The molecular formula is C11H12Cl2N4O. The highest BCUT2D eigenvalue weighted by Crippen LogP contribution is 2.31. The number of halogens is 2. The molecule has 0 atom stereocenters. The number of ether oxygens (including phenoxy) is 1. The summed E-state index contributed by atoms with van der Waals surface area (Å²) in [5.74, 6) is 0.950. The first-order valence-electron chi connectivity index (χ1n) is 5.42. The van der Waals surface area contributed by atoms with Crippen LogP contribution in [0.25, 0.3) is 0 Å². The van der Waals surface area contributed by atoms with Crippen molar-refractivity contribution < 1.29 is 4.74 Å². The maximum absolute atomic E-state index is 5.96. The number of nitrogens with zero attached hydrogens (tertiary/aromatic N) is 3. The highest BCUT2D eigenvalue weighted by molar-refractivity contribution is 6.36. The van der Waals surface area contributed by atoms with Crippen molar-refractivity contribution in [3.63, 3.8) is 0 Å². The van der Waals surface area contributed by atoms with Crippen LogP contribution in [0.4, 0.5) is 5.82 Å². The Morgan fingerprint density at radius 2 is 2.17 bits per heavy atom. The highest BCUT2D eigenvalue weighted by Gasteiger charge is 2.10. The number of aromatic nitrogens is 3. The molecule has 2 aromatic heterocycles. The van der Waals surface area contributed by atoms with E-state index in [0.29, 0.717) is 15.8 Å². The fourth-order valence-electron chi connectivity index (χ4n) is 1.40. The molecule has 2 rings (SSSR count). The van der Waals surface area contributed by atoms with Gasteiger partial charge in [-0.3, -0.25) is 4.68 Å². The van der Waals surface area contributed by atoms with Gasteiger partial charge in [0, 0.05) is 6.54 Å². The molecule has 0 unspecified atom stereocenters. The molecule has 0 aliphatic rings. The van der Waals surface area contributed by atoms with Crippen LogP contribution in [0.1, 0.15) is 13.3 Å². The van der Waals surface area contributed by atoms with Crippen molar-refractivity contribution in [2.24, 2.45) is 0 Å². The van der Waals surface area contributed by atoms with Crippen LogP contribution in [-0.2, 0) is 6.54 Å². The Bertz CT molecular complexity index is 556. The minimum Gasteiger partial charge on any atom is -0.434 e. The molecule has 5 nitrogen and oxygen atoms in total. The third-order valence-electron chi connectivity index (χ3n) is 2.20. The zero-order chi connectivity index (χ0) is 13.1. The second kappa shape index (κ2) is 5.46. The van der Waals surface area contributed by atoms with Crippen molar-refractivity contribution >= 4 is 29.0 Å². The van der Waals surface area contributed by atoms with Crippen molar-refractivity contribution in [1.29, 1.82) is 0 Å². The summed E-state index contributed by atoms with van der Waals surface area (Å²) in [5.41, 5.74) is 5.59. The van der Waals surface area contributed by atoms with E-state index >= 15 is 0 Å². The Labute approximate surface area is 114 Å². The molecule has 0 saturated heterocycles. The van der Waals surface area contributed by atoms with Gasteiger partial charge in [-0.2, -0.15) is 10.1 Å². The van der Waals surface area contributed by atoms with Crippen molar-refractivity contribution in [2.75, 3.05) is 5.73 Å². The van der Waals surface area contributed by atoms with Crippen LogP contribution in [0.3, 0.4) is 0 Å². The number of nitrogens with two attached hydrogens (primary N) is 1. The smallest absolute Gasteiger partial charge is 0.240 e. The fourth-order valence-corrected chi connectivity index (χ4v) is 1.79. The molecule has 0 aliphatic heterocycles. The lowest BCUT2D eigenvalue weighted by Crippen LogP contribution is -1.96. The molecule has 0 bridgehead atoms. The minimum absolute atomic E-state index is 0.178. The number of hydrogen-bond donors (Lipinski definition) is 1. The number of pyridine rings is 1. The van der Waals surface area contributed by atoms with E-state index in [1.54, 1.807) is 17.1 Å². The normalized spacial score (nSPS) is 10.6. The molecule has 96 valence electrons. The maximum Gasteiger partial charge on any atom is 0.240 e. The Hall–Kier alpha value is -1.46. The third kappa shape index (κ3) is 2.86. The van der Waals surface area contributed by atoms with E-state index in [1.165, 1.54) is 6.07 Å². The Morgan fingerprint density at radius 3 is 2.89 bits per heavy atom. The number of aryl methyl sites for hydroxylation is 1. The summed E-state index contributed by atoms with van der Waals surface area (Å²) in [6.45, 7) is 2.90. The summed E-state index contributed by atoms with van der Waals surface area (Å²) in [6.07, 6.45) is 4.36. The van der Waals surface area contributed by atoms with Crippen LogP contribution < -0.4 is 10.5 Å². The summed E-state index contributed by atoms with van der Waals surface area (Å²) >= 11 is 11.8. The van der Waals surface area contributed by atoms with E-state index in [9.17, 15) is 0 Å². The van der Waals surface area contributed by atoms with Crippen LogP contribution in [0.2, 0.25) is 10.0 Å². The molecule has 0 radical (unpaired) electrons. The number of nitrogen functional groups attached to an aromatic ring is 1. The van der Waals surface area contributed by atoms with E-state index in [1.807, 2.05) is 0 Å². The zero-order valence-corrected chi connectivity index (χ0v) is 11.2. The molecule has 18 heavy (non-hydrogen) atoms. The van der Waals surface area contributed by atoms with Gasteiger partial charge >= 0.3 is 0 Å². The number of anilines is 1. The SMILES string of the molecule is CCCn1cc(Oc2nc(N)c(Cl)cc2Cl)cn1. The topological polar surface area (TPSA) is 66.0 Å².